The zero-order chi connectivity index (χ0) is 15.7. The summed E-state index contributed by atoms with van der Waals surface area (Å²) in [7, 11) is 2.68. The lowest BCUT2D eigenvalue weighted by Crippen LogP contribution is -2.36. The van der Waals surface area contributed by atoms with E-state index in [9.17, 15) is 14.7 Å². The standard InChI is InChI=1S/C14H16N4O3/c1-8-6-5-7-9(2)10(8)15-16-11-12(19)17(3)14(21)18(4)13(11)20/h5-7,19H,1-4H3. The second-order valence-corrected chi connectivity index (χ2v) is 4.82. The lowest BCUT2D eigenvalue weighted by Gasteiger charge is -2.07. The average Bonchev–Trinajstić information content (AvgIpc) is 2.45. The van der Waals surface area contributed by atoms with Crippen LogP contribution in [0.4, 0.5) is 11.4 Å². The van der Waals surface area contributed by atoms with Crippen molar-refractivity contribution in [1.82, 2.24) is 9.13 Å². The Morgan fingerprint density at radius 1 is 0.952 bits per heavy atom. The Kier molecular flexibility index (Phi) is 3.75. The highest BCUT2D eigenvalue weighted by molar-refractivity contribution is 5.52. The van der Waals surface area contributed by atoms with Gasteiger partial charge in [-0.1, -0.05) is 18.2 Å². The Balaban J connectivity index is 2.63. The van der Waals surface area contributed by atoms with Crippen LogP contribution < -0.4 is 11.2 Å². The van der Waals surface area contributed by atoms with Crippen molar-refractivity contribution >= 4 is 11.4 Å². The van der Waals surface area contributed by atoms with E-state index in [1.165, 1.54) is 14.1 Å². The number of azo groups is 1. The molecule has 0 aliphatic carbocycles. The van der Waals surface area contributed by atoms with Gasteiger partial charge in [-0.05, 0) is 25.0 Å². The molecule has 7 heteroatoms. The van der Waals surface area contributed by atoms with Crippen molar-refractivity contribution in [1.29, 1.82) is 0 Å². The first-order valence-corrected chi connectivity index (χ1v) is 6.31. The van der Waals surface area contributed by atoms with Crippen LogP contribution in [-0.2, 0) is 14.1 Å². The molecule has 2 aromatic rings. The summed E-state index contributed by atoms with van der Waals surface area (Å²) in [6, 6.07) is 5.65. The highest BCUT2D eigenvalue weighted by atomic mass is 16.3. The van der Waals surface area contributed by atoms with Crippen LogP contribution in [0.3, 0.4) is 0 Å². The van der Waals surface area contributed by atoms with Crippen molar-refractivity contribution in [3.63, 3.8) is 0 Å². The summed E-state index contributed by atoms with van der Waals surface area (Å²) in [4.78, 5) is 23.6. The predicted octanol–water partition coefficient (Wildman–Crippen LogP) is 1.82. The van der Waals surface area contributed by atoms with Crippen LogP contribution in [0, 0.1) is 13.8 Å². The zero-order valence-electron chi connectivity index (χ0n) is 12.3. The molecule has 21 heavy (non-hydrogen) atoms. The lowest BCUT2D eigenvalue weighted by atomic mass is 10.1. The first-order valence-electron chi connectivity index (χ1n) is 6.31. The van der Waals surface area contributed by atoms with Crippen LogP contribution in [-0.4, -0.2) is 14.2 Å². The third-order valence-corrected chi connectivity index (χ3v) is 3.30. The predicted molar refractivity (Wildman–Crippen MR) is 78.7 cm³/mol. The Hall–Kier alpha value is -2.70. The van der Waals surface area contributed by atoms with E-state index in [0.717, 1.165) is 20.3 Å². The SMILES string of the molecule is Cc1cccc(C)c1N=Nc1c(O)n(C)c(=O)n(C)c1=O. The Morgan fingerprint density at radius 2 is 1.48 bits per heavy atom. The highest BCUT2D eigenvalue weighted by Crippen LogP contribution is 2.26. The number of hydrogen-bond donors (Lipinski definition) is 1. The number of benzene rings is 1. The number of rotatable bonds is 2. The molecule has 0 bridgehead atoms. The Morgan fingerprint density at radius 3 is 2.05 bits per heavy atom. The summed E-state index contributed by atoms with van der Waals surface area (Å²) in [5.41, 5.74) is 0.865. The Bertz CT molecular complexity index is 826. The smallest absolute Gasteiger partial charge is 0.333 e. The first-order chi connectivity index (χ1) is 9.84. The van der Waals surface area contributed by atoms with Crippen molar-refractivity contribution in [3.8, 4) is 5.88 Å². The fourth-order valence-corrected chi connectivity index (χ4v) is 1.97. The molecule has 0 saturated heterocycles. The van der Waals surface area contributed by atoms with Gasteiger partial charge in [-0.3, -0.25) is 13.9 Å². The number of nitrogens with zero attached hydrogens (tertiary/aromatic N) is 4. The largest absolute Gasteiger partial charge is 0.493 e. The molecule has 0 unspecified atom stereocenters. The monoisotopic (exact) mass is 288 g/mol. The van der Waals surface area contributed by atoms with Gasteiger partial charge in [0.15, 0.2) is 0 Å². The molecule has 1 aromatic heterocycles. The van der Waals surface area contributed by atoms with Crippen LogP contribution >= 0.6 is 0 Å². The summed E-state index contributed by atoms with van der Waals surface area (Å²) in [6.45, 7) is 3.75. The number of hydrogen-bond acceptors (Lipinski definition) is 5. The molecule has 0 fully saturated rings. The second kappa shape index (κ2) is 5.35. The molecular formula is C14H16N4O3. The summed E-state index contributed by atoms with van der Waals surface area (Å²) in [6.07, 6.45) is 0. The van der Waals surface area contributed by atoms with E-state index in [4.69, 9.17) is 0 Å². The van der Waals surface area contributed by atoms with Crippen molar-refractivity contribution in [3.05, 3.63) is 50.2 Å². The molecule has 0 aliphatic heterocycles. The van der Waals surface area contributed by atoms with E-state index in [1.807, 2.05) is 32.0 Å². The van der Waals surface area contributed by atoms with Crippen molar-refractivity contribution in [2.24, 2.45) is 24.3 Å². The fourth-order valence-electron chi connectivity index (χ4n) is 1.97. The molecule has 7 nitrogen and oxygen atoms in total. The summed E-state index contributed by atoms with van der Waals surface area (Å²) < 4.78 is 1.82. The molecule has 1 heterocycles. The van der Waals surface area contributed by atoms with Gasteiger partial charge in [0, 0.05) is 14.1 Å². The molecular weight excluding hydrogens is 272 g/mol. The van der Waals surface area contributed by atoms with Gasteiger partial charge in [-0.2, -0.15) is 0 Å². The third-order valence-electron chi connectivity index (χ3n) is 3.30. The van der Waals surface area contributed by atoms with Crippen LogP contribution in [0.15, 0.2) is 38.0 Å². The summed E-state index contributed by atoms with van der Waals surface area (Å²) in [5, 5.41) is 17.8. The first kappa shape index (κ1) is 14.7. The minimum Gasteiger partial charge on any atom is -0.493 e. The number of aromatic hydroxyl groups is 1. The quantitative estimate of drug-likeness (QED) is 0.855. The highest BCUT2D eigenvalue weighted by Gasteiger charge is 2.14. The molecule has 2 rings (SSSR count). The van der Waals surface area contributed by atoms with Crippen LogP contribution in [0.5, 0.6) is 5.88 Å². The van der Waals surface area contributed by atoms with Gasteiger partial charge in [-0.15, -0.1) is 10.2 Å². The molecule has 110 valence electrons. The van der Waals surface area contributed by atoms with Gasteiger partial charge in [0.05, 0.1) is 5.69 Å². The zero-order valence-corrected chi connectivity index (χ0v) is 12.3. The van der Waals surface area contributed by atoms with Crippen molar-refractivity contribution < 1.29 is 5.11 Å². The second-order valence-electron chi connectivity index (χ2n) is 4.82. The molecule has 0 amide bonds. The van der Waals surface area contributed by atoms with Crippen molar-refractivity contribution in [2.75, 3.05) is 0 Å². The maximum Gasteiger partial charge on any atom is 0.333 e. The number of aromatic nitrogens is 2. The molecule has 0 aliphatic rings. The van der Waals surface area contributed by atoms with Gasteiger partial charge in [-0.25, -0.2) is 4.79 Å². The Labute approximate surface area is 120 Å². The summed E-state index contributed by atoms with van der Waals surface area (Å²) in [5.74, 6) is -0.502. The molecule has 1 aromatic carbocycles. The number of aryl methyl sites for hydroxylation is 2. The van der Waals surface area contributed by atoms with Crippen molar-refractivity contribution in [2.45, 2.75) is 13.8 Å². The van der Waals surface area contributed by atoms with Gasteiger partial charge >= 0.3 is 5.69 Å². The van der Waals surface area contributed by atoms with E-state index in [0.29, 0.717) is 5.69 Å². The summed E-state index contributed by atoms with van der Waals surface area (Å²) >= 11 is 0. The van der Waals surface area contributed by atoms with E-state index in [-0.39, 0.29) is 5.69 Å². The van der Waals surface area contributed by atoms with E-state index < -0.39 is 17.1 Å². The van der Waals surface area contributed by atoms with E-state index >= 15 is 0 Å². The van der Waals surface area contributed by atoms with Crippen LogP contribution in [0.25, 0.3) is 0 Å². The van der Waals surface area contributed by atoms with Gasteiger partial charge < -0.3 is 5.11 Å². The minimum absolute atomic E-state index is 0.262. The molecule has 0 spiro atoms. The van der Waals surface area contributed by atoms with Crippen LogP contribution in [0.1, 0.15) is 11.1 Å². The van der Waals surface area contributed by atoms with E-state index in [1.54, 1.807) is 0 Å². The maximum absolute atomic E-state index is 12.0. The van der Waals surface area contributed by atoms with Gasteiger partial charge in [0.2, 0.25) is 11.6 Å². The van der Waals surface area contributed by atoms with Gasteiger partial charge in [0.25, 0.3) is 5.56 Å². The molecule has 0 radical (unpaired) electrons. The fraction of sp³-hybridized carbons (Fsp3) is 0.286. The normalized spacial score (nSPS) is 11.2. The molecule has 0 saturated carbocycles. The molecule has 0 atom stereocenters. The van der Waals surface area contributed by atoms with Crippen LogP contribution in [0.2, 0.25) is 0 Å². The van der Waals surface area contributed by atoms with Gasteiger partial charge in [0.1, 0.15) is 0 Å². The van der Waals surface area contributed by atoms with E-state index in [2.05, 4.69) is 10.2 Å². The average molecular weight is 288 g/mol. The maximum atomic E-state index is 12.0. The topological polar surface area (TPSA) is 88.9 Å². The molecule has 1 N–H and O–H groups in total. The third kappa shape index (κ3) is 2.49. The lowest BCUT2D eigenvalue weighted by molar-refractivity contribution is 0.413. The minimum atomic E-state index is -0.689.